The van der Waals surface area contributed by atoms with Crippen molar-refractivity contribution in [2.24, 2.45) is 0 Å². The number of esters is 1. The quantitative estimate of drug-likeness (QED) is 0.673. The van der Waals surface area contributed by atoms with E-state index in [2.05, 4.69) is 5.32 Å². The van der Waals surface area contributed by atoms with Crippen LogP contribution in [0.4, 0.5) is 11.4 Å². The lowest BCUT2D eigenvalue weighted by molar-refractivity contribution is -0.151. The minimum absolute atomic E-state index is 0.0387. The normalized spacial score (nSPS) is 15.9. The first-order chi connectivity index (χ1) is 13.7. The van der Waals surface area contributed by atoms with E-state index in [1.165, 1.54) is 6.07 Å². The molecular weight excluding hydrogens is 415 g/mol. The van der Waals surface area contributed by atoms with Crippen LogP contribution in [-0.2, 0) is 14.3 Å². The largest absolute Gasteiger partial charge is 0.477 e. The Bertz CT molecular complexity index is 933. The highest BCUT2D eigenvalue weighted by molar-refractivity contribution is 6.35. The number of hydrogen-bond acceptors (Lipinski definition) is 5. The third kappa shape index (κ3) is 4.77. The number of hydrogen-bond donors (Lipinski definition) is 1. The third-order valence-electron chi connectivity index (χ3n) is 4.51. The number of nitrogens with one attached hydrogen (secondary N) is 1. The van der Waals surface area contributed by atoms with Gasteiger partial charge < -0.3 is 19.7 Å². The van der Waals surface area contributed by atoms with Gasteiger partial charge in [-0.15, -0.1) is 0 Å². The molecule has 0 fully saturated rings. The highest BCUT2D eigenvalue weighted by atomic mass is 35.5. The highest BCUT2D eigenvalue weighted by Crippen LogP contribution is 2.34. The van der Waals surface area contributed by atoms with Gasteiger partial charge in [0.25, 0.3) is 5.91 Å². The second kappa shape index (κ2) is 8.51. The molecular formula is C21H22Cl2N2O4. The van der Waals surface area contributed by atoms with Crippen molar-refractivity contribution in [3.05, 3.63) is 52.5 Å². The van der Waals surface area contributed by atoms with Gasteiger partial charge in [0.2, 0.25) is 0 Å². The topological polar surface area (TPSA) is 67.9 Å². The summed E-state index contributed by atoms with van der Waals surface area (Å²) in [5, 5.41) is 4.01. The minimum atomic E-state index is -0.865. The van der Waals surface area contributed by atoms with Gasteiger partial charge in [0.1, 0.15) is 17.9 Å². The van der Waals surface area contributed by atoms with Gasteiger partial charge in [0.05, 0.1) is 22.9 Å². The predicted molar refractivity (Wildman–Crippen MR) is 114 cm³/mol. The SMILES string of the molecule is CC(Oc1ccc(Cl)cc1Cl)C(=O)OCCN1C(=O)C(C)(C)Nc2ccccc21. The molecule has 29 heavy (non-hydrogen) atoms. The third-order valence-corrected chi connectivity index (χ3v) is 5.04. The number of para-hydroxylation sites is 2. The van der Waals surface area contributed by atoms with E-state index >= 15 is 0 Å². The van der Waals surface area contributed by atoms with E-state index in [-0.39, 0.29) is 19.1 Å². The van der Waals surface area contributed by atoms with E-state index in [0.717, 1.165) is 11.4 Å². The number of halogens is 2. The monoisotopic (exact) mass is 436 g/mol. The number of anilines is 2. The molecule has 1 atom stereocenters. The van der Waals surface area contributed by atoms with Crippen molar-refractivity contribution in [1.29, 1.82) is 0 Å². The van der Waals surface area contributed by atoms with Crippen LogP contribution in [0.25, 0.3) is 0 Å². The van der Waals surface area contributed by atoms with Gasteiger partial charge in [0, 0.05) is 5.02 Å². The van der Waals surface area contributed by atoms with Crippen LogP contribution in [-0.4, -0.2) is 36.7 Å². The van der Waals surface area contributed by atoms with E-state index in [0.29, 0.717) is 15.8 Å². The van der Waals surface area contributed by atoms with E-state index < -0.39 is 17.6 Å². The molecule has 0 saturated carbocycles. The van der Waals surface area contributed by atoms with Gasteiger partial charge in [0.15, 0.2) is 6.10 Å². The first-order valence-corrected chi connectivity index (χ1v) is 9.92. The Morgan fingerprint density at radius 3 is 2.66 bits per heavy atom. The second-order valence-corrected chi connectivity index (χ2v) is 8.07. The van der Waals surface area contributed by atoms with Crippen LogP contribution in [0.2, 0.25) is 10.0 Å². The van der Waals surface area contributed by atoms with Crippen molar-refractivity contribution >= 4 is 46.5 Å². The van der Waals surface area contributed by atoms with Crippen LogP contribution in [0.5, 0.6) is 5.75 Å². The fourth-order valence-corrected chi connectivity index (χ4v) is 3.49. The standard InChI is InChI=1S/C21H22Cl2N2O4/c1-13(29-18-9-8-14(22)12-15(18)23)19(26)28-11-10-25-17-7-5-4-6-16(17)24-21(2,3)20(25)27/h4-9,12-13,24H,10-11H2,1-3H3. The van der Waals surface area contributed by atoms with Gasteiger partial charge in [-0.1, -0.05) is 35.3 Å². The Hall–Kier alpha value is -2.44. The Morgan fingerprint density at radius 1 is 1.21 bits per heavy atom. The van der Waals surface area contributed by atoms with Crippen molar-refractivity contribution in [3.8, 4) is 5.75 Å². The van der Waals surface area contributed by atoms with Crippen LogP contribution in [0.15, 0.2) is 42.5 Å². The zero-order valence-corrected chi connectivity index (χ0v) is 17.9. The minimum Gasteiger partial charge on any atom is -0.477 e. The van der Waals surface area contributed by atoms with Crippen molar-refractivity contribution < 1.29 is 19.1 Å². The van der Waals surface area contributed by atoms with Crippen LogP contribution >= 0.6 is 23.2 Å². The van der Waals surface area contributed by atoms with Gasteiger partial charge in [-0.2, -0.15) is 0 Å². The Kier molecular flexibility index (Phi) is 6.24. The van der Waals surface area contributed by atoms with Crippen molar-refractivity contribution in [2.45, 2.75) is 32.4 Å². The summed E-state index contributed by atoms with van der Waals surface area (Å²) >= 11 is 11.9. The number of amides is 1. The molecule has 1 unspecified atom stereocenters. The molecule has 3 rings (SSSR count). The molecule has 2 aromatic carbocycles. The maximum atomic E-state index is 12.8. The lowest BCUT2D eigenvalue weighted by Gasteiger charge is -2.39. The summed E-state index contributed by atoms with van der Waals surface area (Å²) < 4.78 is 10.9. The van der Waals surface area contributed by atoms with Gasteiger partial charge in [-0.25, -0.2) is 4.79 Å². The highest BCUT2D eigenvalue weighted by Gasteiger charge is 2.38. The van der Waals surface area contributed by atoms with Crippen molar-refractivity contribution in [1.82, 2.24) is 0 Å². The summed E-state index contributed by atoms with van der Waals surface area (Å²) in [4.78, 5) is 26.7. The maximum absolute atomic E-state index is 12.8. The summed E-state index contributed by atoms with van der Waals surface area (Å²) in [6.45, 7) is 5.48. The number of nitrogens with zero attached hydrogens (tertiary/aromatic N) is 1. The van der Waals surface area contributed by atoms with E-state index in [1.54, 1.807) is 24.0 Å². The molecule has 0 aromatic heterocycles. The molecule has 154 valence electrons. The molecule has 1 aliphatic heterocycles. The first-order valence-electron chi connectivity index (χ1n) is 9.16. The second-order valence-electron chi connectivity index (χ2n) is 7.23. The number of benzene rings is 2. The van der Waals surface area contributed by atoms with Crippen molar-refractivity contribution in [3.63, 3.8) is 0 Å². The molecule has 0 spiro atoms. The van der Waals surface area contributed by atoms with E-state index in [9.17, 15) is 9.59 Å². The molecule has 1 N–H and O–H groups in total. The summed E-state index contributed by atoms with van der Waals surface area (Å²) in [7, 11) is 0. The number of carbonyl (C=O) groups excluding carboxylic acids is 2. The summed E-state index contributed by atoms with van der Waals surface area (Å²) in [6, 6.07) is 12.3. The molecule has 0 radical (unpaired) electrons. The average Bonchev–Trinajstić information content (AvgIpc) is 2.66. The summed E-state index contributed by atoms with van der Waals surface area (Å²) in [5.74, 6) is -0.302. The Balaban J connectivity index is 1.60. The smallest absolute Gasteiger partial charge is 0.347 e. The maximum Gasteiger partial charge on any atom is 0.347 e. The Morgan fingerprint density at radius 2 is 1.93 bits per heavy atom. The molecule has 6 nitrogen and oxygen atoms in total. The van der Waals surface area contributed by atoms with Crippen LogP contribution in [0.3, 0.4) is 0 Å². The number of fused-ring (bicyclic) bond motifs is 1. The molecule has 0 saturated heterocycles. The van der Waals surface area contributed by atoms with Gasteiger partial charge >= 0.3 is 5.97 Å². The molecule has 1 amide bonds. The van der Waals surface area contributed by atoms with Crippen LogP contribution < -0.4 is 15.0 Å². The Labute approximate surface area is 179 Å². The average molecular weight is 437 g/mol. The lowest BCUT2D eigenvalue weighted by Crippen LogP contribution is -2.54. The summed E-state index contributed by atoms with van der Waals surface area (Å²) in [6.07, 6.45) is -0.865. The number of ether oxygens (including phenoxy) is 2. The number of carbonyl (C=O) groups is 2. The first kappa shape index (κ1) is 21.3. The van der Waals surface area contributed by atoms with E-state index in [4.69, 9.17) is 32.7 Å². The summed E-state index contributed by atoms with van der Waals surface area (Å²) in [5.41, 5.74) is 0.864. The van der Waals surface area contributed by atoms with Crippen LogP contribution in [0, 0.1) is 0 Å². The van der Waals surface area contributed by atoms with Crippen LogP contribution in [0.1, 0.15) is 20.8 Å². The van der Waals surface area contributed by atoms with E-state index in [1.807, 2.05) is 38.1 Å². The molecule has 0 aliphatic carbocycles. The van der Waals surface area contributed by atoms with Gasteiger partial charge in [-0.05, 0) is 51.1 Å². The van der Waals surface area contributed by atoms with Crippen molar-refractivity contribution in [2.75, 3.05) is 23.4 Å². The predicted octanol–water partition coefficient (Wildman–Crippen LogP) is 4.54. The fraction of sp³-hybridized carbons (Fsp3) is 0.333. The fourth-order valence-electron chi connectivity index (χ4n) is 3.04. The molecule has 8 heteroatoms. The molecule has 2 aromatic rings. The molecule has 1 aliphatic rings. The zero-order valence-electron chi connectivity index (χ0n) is 16.4. The molecule has 0 bridgehead atoms. The lowest BCUT2D eigenvalue weighted by atomic mass is 9.98. The molecule has 1 heterocycles. The number of rotatable bonds is 6. The van der Waals surface area contributed by atoms with Gasteiger partial charge in [-0.3, -0.25) is 4.79 Å². The zero-order chi connectivity index (χ0) is 21.2.